The Bertz CT molecular complexity index is 598. The average molecular weight is 279 g/mol. The third-order valence-electron chi connectivity index (χ3n) is 2.69. The number of hydrogen-bond acceptors (Lipinski definition) is 6. The number of nitro benzene ring substituents is 1. The molecule has 6 nitrogen and oxygen atoms in total. The van der Waals surface area contributed by atoms with Gasteiger partial charge < -0.3 is 10.1 Å². The van der Waals surface area contributed by atoms with Gasteiger partial charge in [-0.3, -0.25) is 10.1 Å². The summed E-state index contributed by atoms with van der Waals surface area (Å²) in [6.45, 7) is 2.41. The second-order valence-corrected chi connectivity index (χ2v) is 4.77. The van der Waals surface area contributed by atoms with Gasteiger partial charge in [-0.2, -0.15) is 0 Å². The number of nitro groups is 1. The van der Waals surface area contributed by atoms with Crippen molar-refractivity contribution in [3.8, 4) is 5.75 Å². The van der Waals surface area contributed by atoms with E-state index in [0.29, 0.717) is 12.2 Å². The van der Waals surface area contributed by atoms with Crippen LogP contribution in [0.2, 0.25) is 0 Å². The van der Waals surface area contributed by atoms with Crippen LogP contribution in [0.1, 0.15) is 10.6 Å². The summed E-state index contributed by atoms with van der Waals surface area (Å²) in [7, 11) is 1.42. The Labute approximate surface area is 114 Å². The zero-order valence-electron chi connectivity index (χ0n) is 10.5. The minimum absolute atomic E-state index is 0.0489. The van der Waals surface area contributed by atoms with Crippen molar-refractivity contribution in [1.29, 1.82) is 0 Å². The minimum Gasteiger partial charge on any atom is -0.490 e. The summed E-state index contributed by atoms with van der Waals surface area (Å²) in [6.07, 6.45) is 0. The summed E-state index contributed by atoms with van der Waals surface area (Å²) in [5.41, 5.74) is 3.08. The number of benzene rings is 1. The predicted molar refractivity (Wildman–Crippen MR) is 73.8 cm³/mol. The molecule has 100 valence electrons. The molecule has 0 bridgehead atoms. The summed E-state index contributed by atoms with van der Waals surface area (Å²) in [4.78, 5) is 15.9. The number of rotatable bonds is 5. The van der Waals surface area contributed by atoms with Crippen molar-refractivity contribution in [1.82, 2.24) is 4.98 Å². The predicted octanol–water partition coefficient (Wildman–Crippen LogP) is 2.98. The number of aryl methyl sites for hydroxylation is 1. The zero-order chi connectivity index (χ0) is 13.8. The molecule has 0 atom stereocenters. The summed E-state index contributed by atoms with van der Waals surface area (Å²) in [5, 5.41) is 14.2. The molecule has 0 amide bonds. The minimum atomic E-state index is -0.444. The second-order valence-electron chi connectivity index (χ2n) is 3.83. The van der Waals surface area contributed by atoms with Crippen molar-refractivity contribution in [2.24, 2.45) is 0 Å². The smallest absolute Gasteiger partial charge is 0.333 e. The first-order valence-corrected chi connectivity index (χ1v) is 6.45. The van der Waals surface area contributed by atoms with E-state index in [2.05, 4.69) is 10.3 Å². The normalized spacial score (nSPS) is 10.2. The van der Waals surface area contributed by atoms with Crippen LogP contribution in [0.3, 0.4) is 0 Å². The SMILES string of the molecule is COc1cccc(NCc2scnc2C)c1[N+](=O)[O-]. The highest BCUT2D eigenvalue weighted by atomic mass is 32.1. The average Bonchev–Trinajstić information content (AvgIpc) is 2.81. The van der Waals surface area contributed by atoms with Crippen LogP contribution in [0, 0.1) is 17.0 Å². The number of para-hydroxylation sites is 1. The van der Waals surface area contributed by atoms with Gasteiger partial charge in [0.1, 0.15) is 5.69 Å². The van der Waals surface area contributed by atoms with Crippen molar-refractivity contribution in [3.05, 3.63) is 44.4 Å². The Hall–Kier alpha value is -2.15. The molecule has 2 aromatic rings. The first kappa shape index (κ1) is 13.3. The molecule has 0 spiro atoms. The Morgan fingerprint density at radius 3 is 2.89 bits per heavy atom. The molecule has 1 aromatic carbocycles. The molecule has 0 aliphatic heterocycles. The van der Waals surface area contributed by atoms with Crippen LogP contribution in [0.4, 0.5) is 11.4 Å². The number of hydrogen-bond donors (Lipinski definition) is 1. The number of anilines is 1. The van der Waals surface area contributed by atoms with E-state index in [1.807, 2.05) is 6.92 Å². The number of nitrogens with zero attached hydrogens (tertiary/aromatic N) is 2. The largest absolute Gasteiger partial charge is 0.490 e. The van der Waals surface area contributed by atoms with E-state index in [4.69, 9.17) is 4.74 Å². The molecule has 0 radical (unpaired) electrons. The van der Waals surface area contributed by atoms with Gasteiger partial charge in [0.2, 0.25) is 0 Å². The lowest BCUT2D eigenvalue weighted by molar-refractivity contribution is -0.384. The molecule has 1 aromatic heterocycles. The van der Waals surface area contributed by atoms with Crippen molar-refractivity contribution >= 4 is 22.7 Å². The Balaban J connectivity index is 2.25. The molecule has 1 N–H and O–H groups in total. The van der Waals surface area contributed by atoms with Crippen LogP contribution in [0.5, 0.6) is 5.75 Å². The summed E-state index contributed by atoms with van der Waals surface area (Å²) in [6, 6.07) is 4.95. The number of thiazole rings is 1. The van der Waals surface area contributed by atoms with Crippen LogP contribution in [-0.4, -0.2) is 17.0 Å². The highest BCUT2D eigenvalue weighted by Gasteiger charge is 2.20. The highest BCUT2D eigenvalue weighted by Crippen LogP contribution is 2.34. The maximum Gasteiger partial charge on any atom is 0.333 e. The van der Waals surface area contributed by atoms with Gasteiger partial charge in [-0.05, 0) is 19.1 Å². The zero-order valence-corrected chi connectivity index (χ0v) is 11.4. The summed E-state index contributed by atoms with van der Waals surface area (Å²) < 4.78 is 5.02. The van der Waals surface area contributed by atoms with Gasteiger partial charge in [-0.15, -0.1) is 11.3 Å². The second kappa shape index (κ2) is 5.66. The maximum atomic E-state index is 11.1. The van der Waals surface area contributed by atoms with Crippen molar-refractivity contribution in [3.63, 3.8) is 0 Å². The van der Waals surface area contributed by atoms with Gasteiger partial charge in [0.25, 0.3) is 0 Å². The number of nitrogens with one attached hydrogen (secondary N) is 1. The number of methoxy groups -OCH3 is 1. The van der Waals surface area contributed by atoms with E-state index in [1.165, 1.54) is 18.4 Å². The van der Waals surface area contributed by atoms with Crippen molar-refractivity contribution in [2.45, 2.75) is 13.5 Å². The van der Waals surface area contributed by atoms with Gasteiger partial charge in [-0.1, -0.05) is 6.07 Å². The molecule has 2 rings (SSSR count). The van der Waals surface area contributed by atoms with Gasteiger partial charge in [0, 0.05) is 4.88 Å². The molecular formula is C12H13N3O3S. The van der Waals surface area contributed by atoms with E-state index < -0.39 is 4.92 Å². The van der Waals surface area contributed by atoms with Crippen LogP contribution < -0.4 is 10.1 Å². The molecule has 0 saturated heterocycles. The Kier molecular flexibility index (Phi) is 3.96. The molecule has 0 unspecified atom stereocenters. The molecule has 19 heavy (non-hydrogen) atoms. The molecule has 0 aliphatic rings. The standard InChI is InChI=1S/C12H13N3O3S/c1-8-11(19-7-14-8)6-13-9-4-3-5-10(18-2)12(9)15(16)17/h3-5,7,13H,6H2,1-2H3. The van der Waals surface area contributed by atoms with E-state index in [9.17, 15) is 10.1 Å². The quantitative estimate of drug-likeness (QED) is 0.672. The van der Waals surface area contributed by atoms with Crippen LogP contribution in [-0.2, 0) is 6.54 Å². The van der Waals surface area contributed by atoms with Gasteiger partial charge in [0.15, 0.2) is 5.75 Å². The molecule has 1 heterocycles. The van der Waals surface area contributed by atoms with Gasteiger partial charge >= 0.3 is 5.69 Å². The summed E-state index contributed by atoms with van der Waals surface area (Å²) in [5.74, 6) is 0.246. The third-order valence-corrected chi connectivity index (χ3v) is 3.62. The maximum absolute atomic E-state index is 11.1. The fourth-order valence-corrected chi connectivity index (χ4v) is 2.41. The molecule has 0 fully saturated rings. The van der Waals surface area contributed by atoms with E-state index in [0.717, 1.165) is 10.6 Å². The van der Waals surface area contributed by atoms with Crippen molar-refractivity contribution in [2.75, 3.05) is 12.4 Å². The van der Waals surface area contributed by atoms with Crippen LogP contribution >= 0.6 is 11.3 Å². The number of ether oxygens (including phenoxy) is 1. The summed E-state index contributed by atoms with van der Waals surface area (Å²) >= 11 is 1.52. The monoisotopic (exact) mass is 279 g/mol. The lowest BCUT2D eigenvalue weighted by Crippen LogP contribution is -2.03. The fraction of sp³-hybridized carbons (Fsp3) is 0.250. The van der Waals surface area contributed by atoms with Crippen LogP contribution in [0.25, 0.3) is 0 Å². The first-order chi connectivity index (χ1) is 9.13. The van der Waals surface area contributed by atoms with Gasteiger partial charge in [0.05, 0.1) is 29.8 Å². The third kappa shape index (κ3) is 2.82. The molecule has 7 heteroatoms. The lowest BCUT2D eigenvalue weighted by atomic mass is 10.2. The first-order valence-electron chi connectivity index (χ1n) is 5.57. The van der Waals surface area contributed by atoms with E-state index in [-0.39, 0.29) is 11.4 Å². The topological polar surface area (TPSA) is 77.3 Å². The van der Waals surface area contributed by atoms with Crippen molar-refractivity contribution < 1.29 is 9.66 Å². The van der Waals surface area contributed by atoms with Crippen LogP contribution in [0.15, 0.2) is 23.7 Å². The molecule has 0 aliphatic carbocycles. The molecular weight excluding hydrogens is 266 g/mol. The molecule has 0 saturated carbocycles. The van der Waals surface area contributed by atoms with E-state index >= 15 is 0 Å². The Morgan fingerprint density at radius 1 is 1.53 bits per heavy atom. The van der Waals surface area contributed by atoms with Gasteiger partial charge in [-0.25, -0.2) is 4.98 Å². The number of aromatic nitrogens is 1. The lowest BCUT2D eigenvalue weighted by Gasteiger charge is -2.08. The van der Waals surface area contributed by atoms with E-state index in [1.54, 1.807) is 23.7 Å². The highest BCUT2D eigenvalue weighted by molar-refractivity contribution is 7.09. The fourth-order valence-electron chi connectivity index (χ4n) is 1.69. The Morgan fingerprint density at radius 2 is 2.32 bits per heavy atom.